The molecule has 12 heavy (non-hydrogen) atoms. The van der Waals surface area contributed by atoms with Crippen LogP contribution < -0.4 is 0 Å². The van der Waals surface area contributed by atoms with Gasteiger partial charge in [0.2, 0.25) is 0 Å². The minimum absolute atomic E-state index is 1.09. The number of pyridine rings is 1. The summed E-state index contributed by atoms with van der Waals surface area (Å²) in [6.07, 6.45) is 4.51. The minimum Gasteiger partial charge on any atom is -0.260 e. The van der Waals surface area contributed by atoms with Gasteiger partial charge in [-0.15, -0.1) is 11.8 Å². The summed E-state index contributed by atoms with van der Waals surface area (Å²) in [6, 6.07) is 4.21. The molecule has 1 nitrogen and oxygen atoms in total. The highest BCUT2D eigenvalue weighted by atomic mass is 32.2. The van der Waals surface area contributed by atoms with Crippen molar-refractivity contribution in [3.63, 3.8) is 0 Å². The highest BCUT2D eigenvalue weighted by Crippen LogP contribution is 2.17. The lowest BCUT2D eigenvalue weighted by atomic mass is 10.4. The quantitative estimate of drug-likeness (QED) is 0.522. The fraction of sp³-hybridized carbons (Fsp3) is 0.500. The summed E-state index contributed by atoms with van der Waals surface area (Å²) in [7, 11) is 0. The van der Waals surface area contributed by atoms with Crippen LogP contribution in [0.15, 0.2) is 23.2 Å². The predicted molar refractivity (Wildman–Crippen MR) is 54.6 cm³/mol. The molecule has 0 spiro atoms. The molecule has 2 heteroatoms. The lowest BCUT2D eigenvalue weighted by Crippen LogP contribution is -1.82. The Labute approximate surface area is 78.6 Å². The maximum Gasteiger partial charge on any atom is 0.0407 e. The molecule has 0 aromatic carbocycles. The molecule has 0 bridgehead atoms. The summed E-state index contributed by atoms with van der Waals surface area (Å²) < 4.78 is 0. The van der Waals surface area contributed by atoms with Crippen LogP contribution in [-0.2, 0) is 0 Å². The minimum atomic E-state index is 1.09. The average molecular weight is 181 g/mol. The predicted octanol–water partition coefficient (Wildman–Crippen LogP) is 3.28. The highest BCUT2D eigenvalue weighted by Gasteiger charge is 1.92. The molecule has 66 valence electrons. The van der Waals surface area contributed by atoms with Crippen LogP contribution in [0, 0.1) is 6.92 Å². The van der Waals surface area contributed by atoms with Crippen molar-refractivity contribution in [2.45, 2.75) is 31.6 Å². The molecule has 0 fully saturated rings. The van der Waals surface area contributed by atoms with Crippen molar-refractivity contribution >= 4 is 11.8 Å². The normalized spacial score (nSPS) is 10.2. The third kappa shape index (κ3) is 3.26. The first-order valence-electron chi connectivity index (χ1n) is 4.38. The van der Waals surface area contributed by atoms with E-state index in [4.69, 9.17) is 0 Å². The third-order valence-corrected chi connectivity index (χ3v) is 2.72. The van der Waals surface area contributed by atoms with E-state index >= 15 is 0 Å². The first-order valence-corrected chi connectivity index (χ1v) is 5.37. The van der Waals surface area contributed by atoms with E-state index in [1.807, 2.05) is 24.9 Å². The molecule has 1 aromatic heterocycles. The van der Waals surface area contributed by atoms with E-state index in [1.54, 1.807) is 0 Å². The second kappa shape index (κ2) is 5.20. The molecular formula is C10H15NS. The van der Waals surface area contributed by atoms with Gasteiger partial charge in [0.25, 0.3) is 0 Å². The van der Waals surface area contributed by atoms with Gasteiger partial charge in [0.15, 0.2) is 0 Å². The lowest BCUT2D eigenvalue weighted by Gasteiger charge is -1.99. The molecule has 1 rings (SSSR count). The number of thioether (sulfide) groups is 1. The van der Waals surface area contributed by atoms with Crippen LogP contribution in [0.3, 0.4) is 0 Å². The Morgan fingerprint density at radius 3 is 2.83 bits per heavy atom. The third-order valence-electron chi connectivity index (χ3n) is 1.65. The molecule has 0 aliphatic rings. The number of aryl methyl sites for hydroxylation is 1. The number of aromatic nitrogens is 1. The van der Waals surface area contributed by atoms with Crippen molar-refractivity contribution in [3.05, 3.63) is 24.0 Å². The SMILES string of the molecule is CCCCSc1ccc(C)nc1. The fourth-order valence-electron chi connectivity index (χ4n) is 0.874. The summed E-state index contributed by atoms with van der Waals surface area (Å²) >= 11 is 1.89. The van der Waals surface area contributed by atoms with Gasteiger partial charge < -0.3 is 0 Å². The van der Waals surface area contributed by atoms with Gasteiger partial charge in [-0.05, 0) is 31.2 Å². The molecule has 0 radical (unpaired) electrons. The van der Waals surface area contributed by atoms with E-state index < -0.39 is 0 Å². The molecule has 0 aliphatic carbocycles. The first-order chi connectivity index (χ1) is 5.83. The summed E-state index contributed by atoms with van der Waals surface area (Å²) in [5, 5.41) is 0. The van der Waals surface area contributed by atoms with E-state index in [2.05, 4.69) is 24.0 Å². The maximum absolute atomic E-state index is 4.24. The van der Waals surface area contributed by atoms with E-state index in [0.29, 0.717) is 0 Å². The molecule has 0 saturated carbocycles. The molecule has 0 saturated heterocycles. The van der Waals surface area contributed by atoms with Gasteiger partial charge in [-0.1, -0.05) is 13.3 Å². The van der Waals surface area contributed by atoms with Crippen LogP contribution in [-0.4, -0.2) is 10.7 Å². The lowest BCUT2D eigenvalue weighted by molar-refractivity contribution is 0.896. The van der Waals surface area contributed by atoms with Crippen LogP contribution in [0.1, 0.15) is 25.5 Å². The highest BCUT2D eigenvalue weighted by molar-refractivity contribution is 7.99. The van der Waals surface area contributed by atoms with Gasteiger partial charge in [-0.3, -0.25) is 4.98 Å². The average Bonchev–Trinajstić information content (AvgIpc) is 2.09. The molecule has 0 unspecified atom stereocenters. The maximum atomic E-state index is 4.24. The van der Waals surface area contributed by atoms with Crippen LogP contribution in [0.25, 0.3) is 0 Å². The van der Waals surface area contributed by atoms with Gasteiger partial charge in [0.05, 0.1) is 0 Å². The topological polar surface area (TPSA) is 12.9 Å². The Morgan fingerprint density at radius 2 is 2.25 bits per heavy atom. The van der Waals surface area contributed by atoms with Crippen molar-refractivity contribution in [3.8, 4) is 0 Å². The fourth-order valence-corrected chi connectivity index (χ4v) is 1.83. The van der Waals surface area contributed by atoms with Gasteiger partial charge in [-0.2, -0.15) is 0 Å². The number of hydrogen-bond acceptors (Lipinski definition) is 2. The van der Waals surface area contributed by atoms with Crippen LogP contribution in [0.2, 0.25) is 0 Å². The number of unbranched alkanes of at least 4 members (excludes halogenated alkanes) is 1. The molecule has 0 atom stereocenters. The smallest absolute Gasteiger partial charge is 0.0407 e. The summed E-state index contributed by atoms with van der Waals surface area (Å²) in [5.74, 6) is 1.21. The Hall–Kier alpha value is -0.500. The van der Waals surface area contributed by atoms with Gasteiger partial charge in [-0.25, -0.2) is 0 Å². The number of nitrogens with zero attached hydrogens (tertiary/aromatic N) is 1. The molecule has 0 amide bonds. The van der Waals surface area contributed by atoms with Gasteiger partial charge >= 0.3 is 0 Å². The van der Waals surface area contributed by atoms with Crippen molar-refractivity contribution < 1.29 is 0 Å². The Morgan fingerprint density at radius 1 is 1.42 bits per heavy atom. The molecule has 1 heterocycles. The van der Waals surface area contributed by atoms with E-state index in [9.17, 15) is 0 Å². The van der Waals surface area contributed by atoms with E-state index in [-0.39, 0.29) is 0 Å². The Kier molecular flexibility index (Phi) is 4.15. The van der Waals surface area contributed by atoms with Crippen LogP contribution in [0.5, 0.6) is 0 Å². The van der Waals surface area contributed by atoms with Crippen LogP contribution in [0.4, 0.5) is 0 Å². The second-order valence-electron chi connectivity index (χ2n) is 2.84. The second-order valence-corrected chi connectivity index (χ2v) is 4.01. The zero-order valence-electron chi connectivity index (χ0n) is 7.71. The van der Waals surface area contributed by atoms with Crippen molar-refractivity contribution in [1.29, 1.82) is 0 Å². The zero-order chi connectivity index (χ0) is 8.81. The van der Waals surface area contributed by atoms with Crippen molar-refractivity contribution in [2.24, 2.45) is 0 Å². The Balaban J connectivity index is 2.37. The summed E-state index contributed by atoms with van der Waals surface area (Å²) in [4.78, 5) is 5.52. The summed E-state index contributed by atoms with van der Waals surface area (Å²) in [5.41, 5.74) is 1.09. The molecular weight excluding hydrogens is 166 g/mol. The van der Waals surface area contributed by atoms with Crippen molar-refractivity contribution in [1.82, 2.24) is 4.98 Å². The van der Waals surface area contributed by atoms with E-state index in [0.717, 1.165) is 5.69 Å². The van der Waals surface area contributed by atoms with Gasteiger partial charge in [0, 0.05) is 16.8 Å². The number of hydrogen-bond donors (Lipinski definition) is 0. The van der Waals surface area contributed by atoms with E-state index in [1.165, 1.54) is 23.5 Å². The molecule has 0 aliphatic heterocycles. The molecule has 1 aromatic rings. The Bertz CT molecular complexity index is 218. The monoisotopic (exact) mass is 181 g/mol. The zero-order valence-corrected chi connectivity index (χ0v) is 8.53. The number of rotatable bonds is 4. The molecule has 0 N–H and O–H groups in total. The van der Waals surface area contributed by atoms with Crippen LogP contribution >= 0.6 is 11.8 Å². The first kappa shape index (κ1) is 9.59. The van der Waals surface area contributed by atoms with Gasteiger partial charge in [0.1, 0.15) is 0 Å². The van der Waals surface area contributed by atoms with Crippen molar-refractivity contribution in [2.75, 3.05) is 5.75 Å². The largest absolute Gasteiger partial charge is 0.260 e. The summed E-state index contributed by atoms with van der Waals surface area (Å²) in [6.45, 7) is 4.23. The standard InChI is InChI=1S/C10H15NS/c1-3-4-7-12-10-6-5-9(2)11-8-10/h5-6,8H,3-4,7H2,1-2H3.